The monoisotopic (exact) mass is 411 g/mol. The quantitative estimate of drug-likeness (QED) is 0.158. The van der Waals surface area contributed by atoms with E-state index in [2.05, 4.69) is 6.92 Å². The van der Waals surface area contributed by atoms with Gasteiger partial charge in [-0.2, -0.15) is 0 Å². The van der Waals surface area contributed by atoms with Crippen molar-refractivity contribution in [1.29, 1.82) is 0 Å². The first-order valence-electron chi connectivity index (χ1n) is 10.7. The molecule has 0 aliphatic carbocycles. The zero-order valence-corrected chi connectivity index (χ0v) is 19.1. The molecule has 0 fully saturated rings. The Bertz CT molecular complexity index is 350. The van der Waals surface area contributed by atoms with Gasteiger partial charge in [-0.15, -0.1) is 0 Å². The van der Waals surface area contributed by atoms with Gasteiger partial charge in [0.05, 0.1) is 0 Å². The zero-order valence-electron chi connectivity index (χ0n) is 18.2. The van der Waals surface area contributed by atoms with Gasteiger partial charge < -0.3 is 19.8 Å². The average molecular weight is 412 g/mol. The molecule has 27 heavy (non-hydrogen) atoms. The molecule has 0 radical (unpaired) electrons. The molecule has 0 bridgehead atoms. The van der Waals surface area contributed by atoms with Gasteiger partial charge in [-0.25, -0.2) is 4.57 Å². The molecule has 6 nitrogen and oxygen atoms in total. The van der Waals surface area contributed by atoms with Gasteiger partial charge in [0.1, 0.15) is 5.72 Å². The highest BCUT2D eigenvalue weighted by atomic mass is 31.2. The molecule has 0 amide bonds. The van der Waals surface area contributed by atoms with E-state index in [-0.39, 0.29) is 0 Å². The van der Waals surface area contributed by atoms with Crippen molar-refractivity contribution < 1.29 is 24.4 Å². The molecule has 0 rings (SSSR count). The fraction of sp³-hybridized carbons (Fsp3) is 1.00. The molecule has 0 heterocycles. The molecule has 0 aromatic rings. The van der Waals surface area contributed by atoms with Crippen LogP contribution in [-0.4, -0.2) is 44.5 Å². The maximum atomic E-state index is 10.1. The fourth-order valence-corrected chi connectivity index (χ4v) is 2.88. The van der Waals surface area contributed by atoms with Gasteiger partial charge in [0.2, 0.25) is 0 Å². The summed E-state index contributed by atoms with van der Waals surface area (Å²) >= 11 is 0. The molecule has 7 heteroatoms. The Morgan fingerprint density at radius 1 is 0.704 bits per heavy atom. The van der Waals surface area contributed by atoms with Crippen LogP contribution in [0, 0.1) is 0 Å². The number of aliphatic hydroxyl groups is 1. The Labute approximate surface area is 167 Å². The van der Waals surface area contributed by atoms with Crippen molar-refractivity contribution in [2.75, 3.05) is 14.1 Å². The van der Waals surface area contributed by atoms with Crippen LogP contribution in [0.5, 0.6) is 0 Å². The third-order valence-electron chi connectivity index (χ3n) is 4.97. The first-order chi connectivity index (χ1) is 12.5. The first-order valence-corrected chi connectivity index (χ1v) is 12.3. The smallest absolute Gasteiger partial charge is 0.376 e. The second-order valence-electron chi connectivity index (χ2n) is 7.97. The van der Waals surface area contributed by atoms with E-state index in [1.54, 1.807) is 0 Å². The third-order valence-corrected chi connectivity index (χ3v) is 4.97. The average Bonchev–Trinajstić information content (AvgIpc) is 2.53. The molecule has 0 aliphatic heterocycles. The highest BCUT2D eigenvalue weighted by molar-refractivity contribution is 7.45. The first kappa shape index (κ1) is 29.2. The number of rotatable bonds is 16. The van der Waals surface area contributed by atoms with Gasteiger partial charge in [-0.3, -0.25) is 4.90 Å². The normalized spacial score (nSPS) is 14.0. The van der Waals surface area contributed by atoms with Gasteiger partial charge in [0.25, 0.3) is 0 Å². The van der Waals surface area contributed by atoms with E-state index >= 15 is 0 Å². The van der Waals surface area contributed by atoms with E-state index in [0.717, 1.165) is 12.8 Å². The van der Waals surface area contributed by atoms with Gasteiger partial charge in [0.15, 0.2) is 0 Å². The molecular weight excluding hydrogens is 365 g/mol. The van der Waals surface area contributed by atoms with E-state index in [4.69, 9.17) is 19.2 Å². The molecular formula is C20H46NO5P. The summed E-state index contributed by atoms with van der Waals surface area (Å²) in [5, 5.41) is 10.1. The van der Waals surface area contributed by atoms with Crippen molar-refractivity contribution in [2.24, 2.45) is 0 Å². The van der Waals surface area contributed by atoms with Crippen molar-refractivity contribution in [3.05, 3.63) is 0 Å². The van der Waals surface area contributed by atoms with Crippen LogP contribution in [0.2, 0.25) is 0 Å². The summed E-state index contributed by atoms with van der Waals surface area (Å²) in [6.45, 7) is 4.19. The SMILES string of the molecule is CCCCCCCCCCCCCCCCC(C)(O)N(C)C.O=P(O)(O)O. The lowest BCUT2D eigenvalue weighted by atomic mass is 10.0. The topological polar surface area (TPSA) is 101 Å². The van der Waals surface area contributed by atoms with Crippen molar-refractivity contribution in [3.63, 3.8) is 0 Å². The van der Waals surface area contributed by atoms with Crippen molar-refractivity contribution in [3.8, 4) is 0 Å². The van der Waals surface area contributed by atoms with Crippen LogP contribution < -0.4 is 0 Å². The molecule has 0 saturated carbocycles. The zero-order chi connectivity index (χ0) is 21.2. The van der Waals surface area contributed by atoms with E-state index in [9.17, 15) is 5.11 Å². The molecule has 1 unspecified atom stereocenters. The molecule has 0 aliphatic rings. The number of hydrogen-bond acceptors (Lipinski definition) is 3. The second-order valence-corrected chi connectivity index (χ2v) is 9.00. The number of hydrogen-bond donors (Lipinski definition) is 4. The minimum Gasteiger partial charge on any atom is -0.376 e. The van der Waals surface area contributed by atoms with Gasteiger partial charge >= 0.3 is 7.82 Å². The van der Waals surface area contributed by atoms with Gasteiger partial charge in [-0.1, -0.05) is 90.4 Å². The van der Waals surface area contributed by atoms with E-state index < -0.39 is 13.5 Å². The molecule has 166 valence electrons. The Kier molecular flexibility index (Phi) is 19.6. The Balaban J connectivity index is 0. The lowest BCUT2D eigenvalue weighted by molar-refractivity contribution is -0.0734. The Morgan fingerprint density at radius 2 is 0.963 bits per heavy atom. The lowest BCUT2D eigenvalue weighted by Crippen LogP contribution is -2.40. The van der Waals surface area contributed by atoms with E-state index in [1.807, 2.05) is 25.9 Å². The summed E-state index contributed by atoms with van der Waals surface area (Å²) < 4.78 is 8.88. The molecule has 0 saturated heterocycles. The van der Waals surface area contributed by atoms with Crippen LogP contribution in [0.1, 0.15) is 110 Å². The second kappa shape index (κ2) is 18.1. The summed E-state index contributed by atoms with van der Waals surface area (Å²) in [6, 6.07) is 0. The third kappa shape index (κ3) is 28.3. The summed E-state index contributed by atoms with van der Waals surface area (Å²) in [5.74, 6) is 0. The van der Waals surface area contributed by atoms with Crippen LogP contribution in [0.3, 0.4) is 0 Å². The molecule has 4 N–H and O–H groups in total. The highest BCUT2D eigenvalue weighted by Crippen LogP contribution is 2.25. The van der Waals surface area contributed by atoms with E-state index in [0.29, 0.717) is 0 Å². The molecule has 0 aromatic carbocycles. The van der Waals surface area contributed by atoms with Crippen LogP contribution in [0.15, 0.2) is 0 Å². The van der Waals surface area contributed by atoms with Crippen molar-refractivity contribution in [2.45, 2.75) is 116 Å². The summed E-state index contributed by atoms with van der Waals surface area (Å²) in [6.07, 6.45) is 20.3. The Morgan fingerprint density at radius 3 is 1.22 bits per heavy atom. The highest BCUT2D eigenvalue weighted by Gasteiger charge is 2.21. The Hall–Kier alpha value is 0.0300. The molecule has 0 aromatic heterocycles. The van der Waals surface area contributed by atoms with Crippen LogP contribution in [0.25, 0.3) is 0 Å². The van der Waals surface area contributed by atoms with Crippen molar-refractivity contribution >= 4 is 7.82 Å². The predicted molar refractivity (Wildman–Crippen MR) is 114 cm³/mol. The fourth-order valence-electron chi connectivity index (χ4n) is 2.88. The minimum absolute atomic E-state index is 0.628. The van der Waals surface area contributed by atoms with Crippen LogP contribution in [-0.2, 0) is 4.57 Å². The molecule has 1 atom stereocenters. The lowest BCUT2D eigenvalue weighted by Gasteiger charge is -2.30. The summed E-state index contributed by atoms with van der Waals surface area (Å²) in [7, 11) is -0.742. The van der Waals surface area contributed by atoms with Gasteiger partial charge in [0, 0.05) is 0 Å². The standard InChI is InChI=1S/C20H43NO.H3O4P/c1-5-6-7-8-9-10-11-12-13-14-15-16-17-18-19-20(2,22)21(3)4;1-5(2,3)4/h22H,5-19H2,1-4H3;(H3,1,2,3,4). The summed E-state index contributed by atoms with van der Waals surface area (Å²) in [4.78, 5) is 23.5. The van der Waals surface area contributed by atoms with Crippen LogP contribution in [0.4, 0.5) is 0 Å². The number of unbranched alkanes of at least 4 members (excludes halogenated alkanes) is 13. The van der Waals surface area contributed by atoms with Gasteiger partial charge in [-0.05, 0) is 33.9 Å². The number of phosphoric acid groups is 1. The maximum absolute atomic E-state index is 10.1. The van der Waals surface area contributed by atoms with Crippen molar-refractivity contribution in [1.82, 2.24) is 4.90 Å². The molecule has 0 spiro atoms. The van der Waals surface area contributed by atoms with E-state index in [1.165, 1.54) is 83.5 Å². The van der Waals surface area contributed by atoms with Crippen LogP contribution >= 0.6 is 7.82 Å². The summed E-state index contributed by atoms with van der Waals surface area (Å²) in [5.41, 5.74) is -0.628. The minimum atomic E-state index is -4.64. The predicted octanol–water partition coefficient (Wildman–Crippen LogP) is 5.20. The largest absolute Gasteiger partial charge is 0.466 e. The maximum Gasteiger partial charge on any atom is 0.466 e. The number of nitrogens with zero attached hydrogens (tertiary/aromatic N) is 1.